The van der Waals surface area contributed by atoms with E-state index in [4.69, 9.17) is 0 Å². The Kier molecular flexibility index (Phi) is 4.57. The fourth-order valence-electron chi connectivity index (χ4n) is 2.74. The highest BCUT2D eigenvalue weighted by Crippen LogP contribution is 2.22. The van der Waals surface area contributed by atoms with Crippen LogP contribution in [0.3, 0.4) is 0 Å². The quantitative estimate of drug-likeness (QED) is 0.763. The molecule has 1 amide bonds. The molecular weight excluding hydrogens is 312 g/mol. The summed E-state index contributed by atoms with van der Waals surface area (Å²) in [5, 5.41) is 13.6. The van der Waals surface area contributed by atoms with Crippen LogP contribution in [0.25, 0.3) is 11.0 Å². The zero-order chi connectivity index (χ0) is 18.0. The molecule has 0 aliphatic rings. The number of H-pyrrole nitrogens is 1. The topological polar surface area (TPSA) is 70.7 Å². The van der Waals surface area contributed by atoms with E-state index in [1.807, 2.05) is 25.1 Å². The molecule has 0 bridgehead atoms. The second-order valence-corrected chi connectivity index (χ2v) is 7.47. The molecule has 1 atom stereocenters. The summed E-state index contributed by atoms with van der Waals surface area (Å²) in [5.74, 6) is -0.238. The van der Waals surface area contributed by atoms with E-state index in [0.29, 0.717) is 6.54 Å². The first-order valence-corrected chi connectivity index (χ1v) is 8.52. The number of amides is 1. The maximum atomic E-state index is 12.5. The number of hydrogen-bond donors (Lipinski definition) is 2. The Morgan fingerprint density at radius 3 is 2.56 bits per heavy atom. The molecule has 0 saturated carbocycles. The average Bonchev–Trinajstić information content (AvgIpc) is 3.06. The first kappa shape index (κ1) is 17.1. The van der Waals surface area contributed by atoms with Crippen molar-refractivity contribution in [1.29, 1.82) is 0 Å². The van der Waals surface area contributed by atoms with E-state index in [-0.39, 0.29) is 17.2 Å². The molecule has 0 aliphatic carbocycles. The number of carbonyl (C=O) groups is 1. The highest BCUT2D eigenvalue weighted by Gasteiger charge is 2.16. The molecular formula is C20H24N4O. The number of hydrogen-bond acceptors (Lipinski definition) is 3. The number of nitrogens with one attached hydrogen (secondary N) is 2. The fourth-order valence-corrected chi connectivity index (χ4v) is 2.74. The van der Waals surface area contributed by atoms with Gasteiger partial charge >= 0.3 is 0 Å². The molecule has 25 heavy (non-hydrogen) atoms. The predicted octanol–water partition coefficient (Wildman–Crippen LogP) is 3.68. The third-order valence-electron chi connectivity index (χ3n) is 4.53. The highest BCUT2D eigenvalue weighted by atomic mass is 16.1. The van der Waals surface area contributed by atoms with E-state index < -0.39 is 0 Å². The van der Waals surface area contributed by atoms with Gasteiger partial charge in [-0.05, 0) is 41.2 Å². The molecule has 0 saturated heterocycles. The second-order valence-electron chi connectivity index (χ2n) is 7.47. The summed E-state index contributed by atoms with van der Waals surface area (Å²) in [4.78, 5) is 12.5. The van der Waals surface area contributed by atoms with Crippen LogP contribution >= 0.6 is 0 Å². The number of nitrogens with zero attached hydrogens (tertiary/aromatic N) is 2. The molecule has 5 nitrogen and oxygen atoms in total. The molecule has 1 heterocycles. The van der Waals surface area contributed by atoms with Crippen LogP contribution in [0.4, 0.5) is 0 Å². The molecule has 3 aromatic rings. The van der Waals surface area contributed by atoms with E-state index >= 15 is 0 Å². The molecule has 2 aromatic carbocycles. The number of rotatable bonds is 4. The lowest BCUT2D eigenvalue weighted by atomic mass is 9.87. The standard InChI is InChI=1S/C20H24N4O/c1-13(15-7-10-17-18(11-15)23-24-22-17)19(25)21-12-14-5-8-16(9-6-14)20(2,3)4/h5-11,13H,12H2,1-4H3,(H,21,25)(H,22,23,24). The van der Waals surface area contributed by atoms with Crippen molar-refractivity contribution in [3.8, 4) is 0 Å². The summed E-state index contributed by atoms with van der Waals surface area (Å²) in [6, 6.07) is 14.2. The fraction of sp³-hybridized carbons (Fsp3) is 0.350. The van der Waals surface area contributed by atoms with Crippen molar-refractivity contribution in [2.24, 2.45) is 0 Å². The van der Waals surface area contributed by atoms with Gasteiger partial charge in [0.1, 0.15) is 5.52 Å². The van der Waals surface area contributed by atoms with Gasteiger partial charge < -0.3 is 5.32 Å². The monoisotopic (exact) mass is 336 g/mol. The van der Waals surface area contributed by atoms with Crippen LogP contribution in [0, 0.1) is 0 Å². The van der Waals surface area contributed by atoms with Gasteiger partial charge in [0.15, 0.2) is 0 Å². The van der Waals surface area contributed by atoms with E-state index in [9.17, 15) is 4.79 Å². The van der Waals surface area contributed by atoms with Crippen molar-refractivity contribution < 1.29 is 4.79 Å². The number of fused-ring (bicyclic) bond motifs is 1. The summed E-state index contributed by atoms with van der Waals surface area (Å²) >= 11 is 0. The summed E-state index contributed by atoms with van der Waals surface area (Å²) in [7, 11) is 0. The van der Waals surface area contributed by atoms with Gasteiger partial charge in [-0.3, -0.25) is 9.89 Å². The minimum absolute atomic E-state index is 0.00254. The second kappa shape index (κ2) is 6.67. The molecule has 0 aliphatic heterocycles. The third kappa shape index (κ3) is 3.87. The maximum absolute atomic E-state index is 12.5. The Labute approximate surface area is 147 Å². The van der Waals surface area contributed by atoms with Gasteiger partial charge in [-0.1, -0.05) is 56.3 Å². The molecule has 130 valence electrons. The molecule has 0 spiro atoms. The number of benzene rings is 2. The summed E-state index contributed by atoms with van der Waals surface area (Å²) in [6.45, 7) is 9.00. The van der Waals surface area contributed by atoms with Gasteiger partial charge in [-0.15, -0.1) is 5.10 Å². The van der Waals surface area contributed by atoms with Crippen LogP contribution in [0.5, 0.6) is 0 Å². The van der Waals surface area contributed by atoms with Crippen LogP contribution in [0.2, 0.25) is 0 Å². The van der Waals surface area contributed by atoms with Crippen molar-refractivity contribution >= 4 is 16.9 Å². The van der Waals surface area contributed by atoms with Gasteiger partial charge in [-0.25, -0.2) is 0 Å². The summed E-state index contributed by atoms with van der Waals surface area (Å²) < 4.78 is 0. The lowest BCUT2D eigenvalue weighted by Gasteiger charge is -2.19. The third-order valence-corrected chi connectivity index (χ3v) is 4.53. The minimum Gasteiger partial charge on any atom is -0.352 e. The van der Waals surface area contributed by atoms with Crippen molar-refractivity contribution in [3.05, 3.63) is 59.2 Å². The smallest absolute Gasteiger partial charge is 0.227 e. The molecule has 2 N–H and O–H groups in total. The van der Waals surface area contributed by atoms with E-state index in [1.54, 1.807) is 0 Å². The van der Waals surface area contributed by atoms with E-state index in [1.165, 1.54) is 5.56 Å². The van der Waals surface area contributed by atoms with Gasteiger partial charge in [0.2, 0.25) is 5.91 Å². The van der Waals surface area contributed by atoms with E-state index in [0.717, 1.165) is 22.2 Å². The normalized spacial score (nSPS) is 13.0. The Hall–Kier alpha value is -2.69. The lowest BCUT2D eigenvalue weighted by molar-refractivity contribution is -0.122. The molecule has 0 fully saturated rings. The van der Waals surface area contributed by atoms with Gasteiger partial charge in [-0.2, -0.15) is 0 Å². The zero-order valence-corrected chi connectivity index (χ0v) is 15.1. The average molecular weight is 336 g/mol. The van der Waals surface area contributed by atoms with Crippen molar-refractivity contribution in [3.63, 3.8) is 0 Å². The van der Waals surface area contributed by atoms with Crippen LogP contribution in [-0.2, 0) is 16.8 Å². The first-order valence-electron chi connectivity index (χ1n) is 8.52. The Balaban J connectivity index is 1.63. The molecule has 5 heteroatoms. The minimum atomic E-state index is -0.241. The summed E-state index contributed by atoms with van der Waals surface area (Å²) in [5.41, 5.74) is 5.10. The van der Waals surface area contributed by atoms with Gasteiger partial charge in [0.05, 0.1) is 11.4 Å². The first-order chi connectivity index (χ1) is 11.8. The largest absolute Gasteiger partial charge is 0.352 e. The highest BCUT2D eigenvalue weighted by molar-refractivity contribution is 5.85. The van der Waals surface area contributed by atoms with Gasteiger partial charge in [0.25, 0.3) is 0 Å². The zero-order valence-electron chi connectivity index (χ0n) is 15.1. The maximum Gasteiger partial charge on any atom is 0.227 e. The SMILES string of the molecule is CC(C(=O)NCc1ccc(C(C)(C)C)cc1)c1ccc2[nH]nnc2c1. The van der Waals surface area contributed by atoms with Crippen LogP contribution in [-0.4, -0.2) is 21.3 Å². The Morgan fingerprint density at radius 1 is 1.16 bits per heavy atom. The van der Waals surface area contributed by atoms with Gasteiger partial charge in [0, 0.05) is 6.54 Å². The Morgan fingerprint density at radius 2 is 1.88 bits per heavy atom. The molecule has 1 unspecified atom stereocenters. The van der Waals surface area contributed by atoms with Crippen molar-refractivity contribution in [2.75, 3.05) is 0 Å². The van der Waals surface area contributed by atoms with Crippen LogP contribution in [0.1, 0.15) is 50.3 Å². The Bertz CT molecular complexity index is 875. The summed E-state index contributed by atoms with van der Waals surface area (Å²) in [6.07, 6.45) is 0. The molecule has 0 radical (unpaired) electrons. The van der Waals surface area contributed by atoms with Crippen LogP contribution in [0.15, 0.2) is 42.5 Å². The number of carbonyl (C=O) groups excluding carboxylic acids is 1. The predicted molar refractivity (Wildman–Crippen MR) is 99.3 cm³/mol. The number of aromatic nitrogens is 3. The molecule has 1 aromatic heterocycles. The van der Waals surface area contributed by atoms with Crippen molar-refractivity contribution in [2.45, 2.75) is 45.6 Å². The van der Waals surface area contributed by atoms with Crippen LogP contribution < -0.4 is 5.32 Å². The van der Waals surface area contributed by atoms with Crippen molar-refractivity contribution in [1.82, 2.24) is 20.7 Å². The lowest BCUT2D eigenvalue weighted by Crippen LogP contribution is -2.27. The number of aromatic amines is 1. The molecule has 3 rings (SSSR count). The van der Waals surface area contributed by atoms with E-state index in [2.05, 4.69) is 65.8 Å².